The molecule has 1 unspecified atom stereocenters. The first-order chi connectivity index (χ1) is 14.2. The summed E-state index contributed by atoms with van der Waals surface area (Å²) in [6, 6.07) is 5.68. The van der Waals surface area contributed by atoms with Gasteiger partial charge in [-0.2, -0.15) is 0 Å². The van der Waals surface area contributed by atoms with Crippen molar-refractivity contribution in [1.29, 1.82) is 0 Å². The van der Waals surface area contributed by atoms with Gasteiger partial charge in [0.25, 0.3) is 0 Å². The Morgan fingerprint density at radius 3 is 2.42 bits per heavy atom. The molecule has 0 fully saturated rings. The topological polar surface area (TPSA) is 163 Å². The Bertz CT molecular complexity index is 932. The lowest BCUT2D eigenvalue weighted by molar-refractivity contribution is -0.135. The second-order valence-corrected chi connectivity index (χ2v) is 6.12. The summed E-state index contributed by atoms with van der Waals surface area (Å²) in [4.78, 5) is 34.7. The summed E-state index contributed by atoms with van der Waals surface area (Å²) < 4.78 is 17.8. The molecular formula is C19H22ClFN4O6. The highest BCUT2D eigenvalue weighted by atomic mass is 35.5. The first-order valence-corrected chi connectivity index (χ1v) is 8.75. The van der Waals surface area contributed by atoms with Crippen molar-refractivity contribution < 1.29 is 33.7 Å². The second-order valence-electron chi connectivity index (χ2n) is 6.12. The first kappa shape index (κ1) is 25.5. The molecule has 168 valence electrons. The van der Waals surface area contributed by atoms with Gasteiger partial charge in [-0.3, -0.25) is 11.1 Å². The summed E-state index contributed by atoms with van der Waals surface area (Å²) in [6.45, 7) is 1.86. The number of carboxylic acid groups (broad SMARTS) is 2. The zero-order valence-electron chi connectivity index (χ0n) is 16.3. The number of alkyl carbamates (subject to hydrolysis) is 1. The normalized spacial score (nSPS) is 17.8. The number of carboxylic acids is 2. The number of ether oxygens (including phenoxy) is 1. The fourth-order valence-electron chi connectivity index (χ4n) is 2.62. The maximum Gasteiger partial charge on any atom is 0.411 e. The maximum atomic E-state index is 13.0. The fraction of sp³-hybridized carbons (Fsp3) is 0.211. The molecule has 1 atom stereocenters. The van der Waals surface area contributed by atoms with Crippen LogP contribution >= 0.6 is 12.4 Å². The Balaban J connectivity index is 0.00000480. The van der Waals surface area contributed by atoms with Crippen molar-refractivity contribution >= 4 is 30.4 Å². The minimum atomic E-state index is -2.10. The van der Waals surface area contributed by atoms with Gasteiger partial charge in [0.05, 0.1) is 17.9 Å². The Labute approximate surface area is 183 Å². The summed E-state index contributed by atoms with van der Waals surface area (Å²) in [5.74, 6) is -3.29. The molecule has 31 heavy (non-hydrogen) atoms. The molecule has 1 heterocycles. The predicted octanol–water partition coefficient (Wildman–Crippen LogP) is 1.16. The van der Waals surface area contributed by atoms with E-state index in [1.807, 2.05) is 0 Å². The number of carbonyl (C=O) groups is 3. The number of dihydropyridines is 1. The molecule has 0 saturated carbocycles. The van der Waals surface area contributed by atoms with Crippen LogP contribution in [0.2, 0.25) is 0 Å². The van der Waals surface area contributed by atoms with Crippen molar-refractivity contribution in [3.8, 4) is 0 Å². The smallest absolute Gasteiger partial charge is 0.411 e. The van der Waals surface area contributed by atoms with Crippen LogP contribution in [-0.4, -0.2) is 40.5 Å². The van der Waals surface area contributed by atoms with Crippen LogP contribution in [0, 0.1) is 5.82 Å². The van der Waals surface area contributed by atoms with Crippen LogP contribution in [0.3, 0.4) is 0 Å². The third-order valence-corrected chi connectivity index (χ3v) is 4.00. The van der Waals surface area contributed by atoms with Crippen molar-refractivity contribution in [2.45, 2.75) is 19.1 Å². The van der Waals surface area contributed by atoms with E-state index in [-0.39, 0.29) is 37.1 Å². The number of carbonyl (C=O) groups excluding carboxylic acids is 1. The molecule has 10 nitrogen and oxygen atoms in total. The van der Waals surface area contributed by atoms with E-state index in [2.05, 4.69) is 16.0 Å². The average molecular weight is 457 g/mol. The van der Waals surface area contributed by atoms with Gasteiger partial charge < -0.3 is 25.6 Å². The Morgan fingerprint density at radius 2 is 1.87 bits per heavy atom. The van der Waals surface area contributed by atoms with Gasteiger partial charge in [0.1, 0.15) is 11.6 Å². The molecule has 1 aromatic carbocycles. The van der Waals surface area contributed by atoms with E-state index in [0.29, 0.717) is 6.08 Å². The van der Waals surface area contributed by atoms with Gasteiger partial charge in [-0.1, -0.05) is 12.1 Å². The number of hydrogen-bond donors (Lipinski definition) is 6. The summed E-state index contributed by atoms with van der Waals surface area (Å²) in [5, 5.41) is 26.5. The molecule has 12 heteroatoms. The van der Waals surface area contributed by atoms with Crippen LogP contribution in [0.1, 0.15) is 12.5 Å². The van der Waals surface area contributed by atoms with E-state index >= 15 is 0 Å². The van der Waals surface area contributed by atoms with Crippen LogP contribution in [0.5, 0.6) is 0 Å². The minimum absolute atomic E-state index is 0. The third-order valence-electron chi connectivity index (χ3n) is 4.00. The van der Waals surface area contributed by atoms with E-state index in [9.17, 15) is 23.9 Å². The number of nitrogens with one attached hydrogen (secondary N) is 3. The lowest BCUT2D eigenvalue weighted by atomic mass is 9.93. The van der Waals surface area contributed by atoms with Gasteiger partial charge in [0.2, 0.25) is 0 Å². The zero-order valence-corrected chi connectivity index (χ0v) is 17.2. The minimum Gasteiger partial charge on any atom is -0.478 e. The van der Waals surface area contributed by atoms with E-state index in [0.717, 1.165) is 5.56 Å². The number of halogens is 2. The van der Waals surface area contributed by atoms with Crippen LogP contribution in [0.15, 0.2) is 59.6 Å². The Morgan fingerprint density at radius 1 is 1.23 bits per heavy atom. The molecular weight excluding hydrogens is 435 g/mol. The molecule has 1 aliphatic rings. The number of nitrogens with two attached hydrogens (primary N) is 1. The van der Waals surface area contributed by atoms with Gasteiger partial charge in [0, 0.05) is 12.6 Å². The zero-order chi connectivity index (χ0) is 22.3. The van der Waals surface area contributed by atoms with Crippen LogP contribution in [0.25, 0.3) is 0 Å². The highest BCUT2D eigenvalue weighted by molar-refractivity contribution is 5.97. The molecule has 0 spiro atoms. The standard InChI is InChI=1S/C19H21FN4O6.ClH/c1-2-30-18(29)23-14-7-8-15(22-10-11-3-5-12(20)6-4-11)24-19(14,21)13(17(27)28)9-16(25)26;/h3-9,22,24H,2,10,21H2,1H3,(H,23,29)(H,25,26)(H,27,28);1H/b13-9+;. The molecule has 0 radical (unpaired) electrons. The van der Waals surface area contributed by atoms with Gasteiger partial charge in [0.15, 0.2) is 5.66 Å². The van der Waals surface area contributed by atoms with E-state index < -0.39 is 35.1 Å². The lowest BCUT2D eigenvalue weighted by Gasteiger charge is -2.37. The number of allylic oxidation sites excluding steroid dienone is 2. The third kappa shape index (κ3) is 6.73. The van der Waals surface area contributed by atoms with E-state index in [1.165, 1.54) is 24.3 Å². The molecule has 0 aromatic heterocycles. The SMILES string of the molecule is CCOC(=O)NC1=CC=C(NCc2ccc(F)cc2)NC1(N)/C(=C/C(=O)O)C(=O)O.Cl. The lowest BCUT2D eigenvalue weighted by Crippen LogP contribution is -2.63. The van der Waals surface area contributed by atoms with Gasteiger partial charge in [-0.05, 0) is 36.8 Å². The summed E-state index contributed by atoms with van der Waals surface area (Å²) in [6.07, 6.45) is 2.32. The second kappa shape index (κ2) is 11.0. The van der Waals surface area contributed by atoms with Crippen molar-refractivity contribution in [1.82, 2.24) is 16.0 Å². The van der Waals surface area contributed by atoms with Crippen LogP contribution in [-0.2, 0) is 20.9 Å². The molecule has 1 amide bonds. The largest absolute Gasteiger partial charge is 0.478 e. The maximum absolute atomic E-state index is 13.0. The molecule has 1 aromatic rings. The number of aliphatic carboxylic acids is 2. The fourth-order valence-corrected chi connectivity index (χ4v) is 2.62. The number of hydrogen-bond acceptors (Lipinski definition) is 7. The van der Waals surface area contributed by atoms with Crippen molar-refractivity contribution in [3.63, 3.8) is 0 Å². The number of benzene rings is 1. The Hall–Kier alpha value is -3.57. The molecule has 7 N–H and O–H groups in total. The molecule has 2 rings (SSSR count). The van der Waals surface area contributed by atoms with Crippen LogP contribution in [0.4, 0.5) is 9.18 Å². The molecule has 1 aliphatic heterocycles. The molecule has 0 saturated heterocycles. The highest BCUT2D eigenvalue weighted by Crippen LogP contribution is 2.24. The van der Waals surface area contributed by atoms with Crippen molar-refractivity contribution in [2.24, 2.45) is 5.73 Å². The molecule has 0 bridgehead atoms. The van der Waals surface area contributed by atoms with Crippen molar-refractivity contribution in [3.05, 3.63) is 71.0 Å². The summed E-state index contributed by atoms with van der Waals surface area (Å²) in [7, 11) is 0. The predicted molar refractivity (Wildman–Crippen MR) is 110 cm³/mol. The van der Waals surface area contributed by atoms with Crippen LogP contribution < -0.4 is 21.7 Å². The Kier molecular flexibility index (Phi) is 9.03. The average Bonchev–Trinajstić information content (AvgIpc) is 2.67. The van der Waals surface area contributed by atoms with Gasteiger partial charge >= 0.3 is 18.0 Å². The highest BCUT2D eigenvalue weighted by Gasteiger charge is 2.42. The van der Waals surface area contributed by atoms with Gasteiger partial charge in [-0.15, -0.1) is 12.4 Å². The summed E-state index contributed by atoms with van der Waals surface area (Å²) in [5.41, 5.74) is 3.99. The summed E-state index contributed by atoms with van der Waals surface area (Å²) >= 11 is 0. The number of amides is 1. The monoisotopic (exact) mass is 456 g/mol. The van der Waals surface area contributed by atoms with E-state index in [4.69, 9.17) is 15.6 Å². The number of rotatable bonds is 8. The van der Waals surface area contributed by atoms with E-state index in [1.54, 1.807) is 19.1 Å². The first-order valence-electron chi connectivity index (χ1n) is 8.75. The van der Waals surface area contributed by atoms with Crippen molar-refractivity contribution in [2.75, 3.05) is 6.61 Å². The molecule has 0 aliphatic carbocycles. The van der Waals surface area contributed by atoms with Gasteiger partial charge in [-0.25, -0.2) is 18.8 Å². The quantitative estimate of drug-likeness (QED) is 0.315.